The monoisotopic (exact) mass is 824 g/mol. The first-order valence-corrected chi connectivity index (χ1v) is 17.0. The summed E-state index contributed by atoms with van der Waals surface area (Å²) in [6.07, 6.45) is 3.97. The van der Waals surface area contributed by atoms with Crippen molar-refractivity contribution in [3.05, 3.63) is 130 Å². The zero-order chi connectivity index (χ0) is 34.0. The van der Waals surface area contributed by atoms with Gasteiger partial charge in [-0.15, -0.1) is 40.8 Å². The summed E-state index contributed by atoms with van der Waals surface area (Å²) in [6.45, 7) is 22.8. The van der Waals surface area contributed by atoms with E-state index in [0.717, 1.165) is 38.9 Å². The molecule has 2 aliphatic rings. The molecule has 0 bridgehead atoms. The van der Waals surface area contributed by atoms with E-state index >= 15 is 0 Å². The Morgan fingerprint density at radius 3 is 2.10 bits per heavy atom. The standard InChI is InChI=1S/C44H43N3O.Pt/c1-41(2,3)26-19-20-45-37(22-26)47-35-14-12-11-13-30(35)31-17-15-29(24-36(31)47)48-28-16-18-33-32(23-28)38-39-34(21-27(25-46-39)42(4,5)6)44(9,10)40(38)43(33,7)8;/h11-22,25H,1-10H3;/q-2;+2. The largest absolute Gasteiger partial charge is 2.00 e. The van der Waals surface area contributed by atoms with Gasteiger partial charge < -0.3 is 9.30 Å². The second-order valence-corrected chi connectivity index (χ2v) is 16.7. The van der Waals surface area contributed by atoms with Crippen LogP contribution in [0.5, 0.6) is 11.5 Å². The maximum Gasteiger partial charge on any atom is 2.00 e. The Labute approximate surface area is 304 Å². The minimum absolute atomic E-state index is 0. The Morgan fingerprint density at radius 2 is 1.37 bits per heavy atom. The molecule has 3 aromatic carbocycles. The molecule has 49 heavy (non-hydrogen) atoms. The molecule has 0 radical (unpaired) electrons. The van der Waals surface area contributed by atoms with E-state index in [0.29, 0.717) is 11.5 Å². The molecular weight excluding hydrogens is 782 g/mol. The van der Waals surface area contributed by atoms with E-state index in [1.807, 2.05) is 12.3 Å². The van der Waals surface area contributed by atoms with Gasteiger partial charge in [-0.2, -0.15) is 6.07 Å². The molecule has 2 aliphatic carbocycles. The second kappa shape index (κ2) is 11.0. The zero-order valence-corrected chi connectivity index (χ0v) is 32.3. The molecule has 0 spiro atoms. The average molecular weight is 825 g/mol. The van der Waals surface area contributed by atoms with Gasteiger partial charge in [0.15, 0.2) is 0 Å². The molecule has 3 aromatic heterocycles. The van der Waals surface area contributed by atoms with E-state index in [1.165, 1.54) is 33.4 Å². The van der Waals surface area contributed by atoms with Crippen LogP contribution in [0.4, 0.5) is 0 Å². The van der Waals surface area contributed by atoms with Gasteiger partial charge in [-0.25, -0.2) is 4.98 Å². The predicted octanol–water partition coefficient (Wildman–Crippen LogP) is 10.9. The van der Waals surface area contributed by atoms with E-state index in [9.17, 15) is 0 Å². The molecular formula is C44H43N3OPt. The topological polar surface area (TPSA) is 39.9 Å². The molecule has 3 heterocycles. The Morgan fingerprint density at radius 1 is 0.694 bits per heavy atom. The van der Waals surface area contributed by atoms with Crippen molar-refractivity contribution < 1.29 is 25.8 Å². The van der Waals surface area contributed by atoms with Crippen molar-refractivity contribution in [3.63, 3.8) is 0 Å². The number of para-hydroxylation sites is 1. The third-order valence-electron chi connectivity index (χ3n) is 10.6. The van der Waals surface area contributed by atoms with E-state index in [4.69, 9.17) is 14.7 Å². The molecule has 0 amide bonds. The number of rotatable bonds is 3. The Hall–Kier alpha value is -4.01. The third-order valence-corrected chi connectivity index (χ3v) is 10.6. The molecule has 250 valence electrons. The molecule has 5 heteroatoms. The van der Waals surface area contributed by atoms with Crippen LogP contribution in [0.15, 0.2) is 84.7 Å². The van der Waals surface area contributed by atoms with Crippen LogP contribution < -0.4 is 4.74 Å². The maximum absolute atomic E-state index is 6.61. The summed E-state index contributed by atoms with van der Waals surface area (Å²) < 4.78 is 8.81. The van der Waals surface area contributed by atoms with Crippen LogP contribution >= 0.6 is 0 Å². The fraction of sp³-hybridized carbons (Fsp3) is 0.318. The van der Waals surface area contributed by atoms with Crippen molar-refractivity contribution in [2.24, 2.45) is 0 Å². The summed E-state index contributed by atoms with van der Waals surface area (Å²) in [7, 11) is 0. The van der Waals surface area contributed by atoms with Gasteiger partial charge in [-0.1, -0.05) is 116 Å². The van der Waals surface area contributed by atoms with E-state index in [1.54, 1.807) is 0 Å². The normalized spacial score (nSPS) is 16.0. The van der Waals surface area contributed by atoms with Gasteiger partial charge >= 0.3 is 21.1 Å². The maximum atomic E-state index is 6.61. The number of nitrogens with zero attached hydrogens (tertiary/aromatic N) is 3. The Balaban J connectivity index is 0.00000378. The van der Waals surface area contributed by atoms with Crippen LogP contribution in [0.3, 0.4) is 0 Å². The van der Waals surface area contributed by atoms with Gasteiger partial charge in [0, 0.05) is 40.5 Å². The first-order chi connectivity index (χ1) is 22.6. The van der Waals surface area contributed by atoms with Crippen LogP contribution in [-0.4, -0.2) is 14.5 Å². The molecule has 0 atom stereocenters. The van der Waals surface area contributed by atoms with E-state index in [-0.39, 0.29) is 42.7 Å². The number of hydrogen-bond donors (Lipinski definition) is 0. The van der Waals surface area contributed by atoms with Crippen molar-refractivity contribution in [3.8, 4) is 17.3 Å². The van der Waals surface area contributed by atoms with Crippen molar-refractivity contribution in [2.45, 2.75) is 90.9 Å². The first-order valence-electron chi connectivity index (χ1n) is 17.0. The van der Waals surface area contributed by atoms with Gasteiger partial charge in [-0.05, 0) is 56.5 Å². The van der Waals surface area contributed by atoms with Gasteiger partial charge in [0.25, 0.3) is 0 Å². The van der Waals surface area contributed by atoms with Gasteiger partial charge in [-0.3, -0.25) is 4.98 Å². The molecule has 6 aromatic rings. The summed E-state index contributed by atoms with van der Waals surface area (Å²) in [5.74, 6) is 2.18. The molecule has 0 saturated carbocycles. The van der Waals surface area contributed by atoms with Gasteiger partial charge in [0.2, 0.25) is 0 Å². The molecule has 4 nitrogen and oxygen atoms in total. The molecule has 0 aliphatic heterocycles. The fourth-order valence-electron chi connectivity index (χ4n) is 8.14. The number of aromatic nitrogens is 3. The minimum atomic E-state index is -0.160. The van der Waals surface area contributed by atoms with Crippen LogP contribution in [0, 0.1) is 12.1 Å². The van der Waals surface area contributed by atoms with Crippen molar-refractivity contribution in [1.82, 2.24) is 14.5 Å². The Bertz CT molecular complexity index is 2340. The number of pyridine rings is 2. The van der Waals surface area contributed by atoms with Gasteiger partial charge in [0.1, 0.15) is 5.82 Å². The predicted molar refractivity (Wildman–Crippen MR) is 196 cm³/mol. The van der Waals surface area contributed by atoms with Crippen LogP contribution in [0.25, 0.3) is 33.2 Å². The quantitative estimate of drug-likeness (QED) is 0.167. The average Bonchev–Trinajstić information content (AvgIpc) is 3.57. The number of fused-ring (bicyclic) bond motifs is 7. The first kappa shape index (κ1) is 33.5. The second-order valence-electron chi connectivity index (χ2n) is 16.7. The molecule has 0 N–H and O–H groups in total. The van der Waals surface area contributed by atoms with Crippen molar-refractivity contribution in [1.29, 1.82) is 0 Å². The summed E-state index contributed by atoms with van der Waals surface area (Å²) >= 11 is 0. The van der Waals surface area contributed by atoms with Crippen molar-refractivity contribution in [2.75, 3.05) is 0 Å². The Kier molecular flexibility index (Phi) is 7.51. The molecule has 0 fully saturated rings. The smallest absolute Gasteiger partial charge is 0.503 e. The summed E-state index contributed by atoms with van der Waals surface area (Å²) in [4.78, 5) is 9.95. The number of ether oxygens (including phenoxy) is 1. The van der Waals surface area contributed by atoms with E-state index < -0.39 is 0 Å². The van der Waals surface area contributed by atoms with Gasteiger partial charge in [0.05, 0.1) is 0 Å². The third kappa shape index (κ3) is 5.04. The van der Waals surface area contributed by atoms with E-state index in [2.05, 4.69) is 153 Å². The number of benzene rings is 3. The fourth-order valence-corrected chi connectivity index (χ4v) is 8.14. The number of allylic oxidation sites excluding steroid dienone is 1. The minimum Gasteiger partial charge on any atom is -0.503 e. The van der Waals surface area contributed by atoms with Crippen LogP contribution in [0.1, 0.15) is 103 Å². The molecule has 0 unspecified atom stereocenters. The molecule has 0 saturated heterocycles. The van der Waals surface area contributed by atoms with Crippen LogP contribution in [0.2, 0.25) is 0 Å². The SMILES string of the molecule is CC(C)(C)c1ccnc(-n2c3[c-]c(Oc4[c-]c5c(cc4)C(C)(C)C4=C5c5ncc(C(C)(C)C)cc5C4(C)C)ccc3c3ccccc32)c1.[Pt+2]. The summed E-state index contributed by atoms with van der Waals surface area (Å²) in [5, 5.41) is 2.27. The number of hydrogen-bond acceptors (Lipinski definition) is 3. The summed E-state index contributed by atoms with van der Waals surface area (Å²) in [6, 6.07) is 30.9. The zero-order valence-electron chi connectivity index (χ0n) is 30.1. The summed E-state index contributed by atoms with van der Waals surface area (Å²) in [5.41, 5.74) is 11.6. The van der Waals surface area contributed by atoms with Crippen molar-refractivity contribution >= 4 is 27.4 Å². The molecule has 8 rings (SSSR count). The van der Waals surface area contributed by atoms with Crippen LogP contribution in [-0.2, 0) is 42.7 Å².